The second kappa shape index (κ2) is 7.06. The Morgan fingerprint density at radius 1 is 0.962 bits per heavy atom. The van der Waals surface area contributed by atoms with Gasteiger partial charge in [0.2, 0.25) is 0 Å². The molecule has 0 aliphatic carbocycles. The van der Waals surface area contributed by atoms with Gasteiger partial charge < -0.3 is 5.32 Å². The number of pyridine rings is 1. The van der Waals surface area contributed by atoms with Gasteiger partial charge in [-0.3, -0.25) is 9.78 Å². The molecule has 2 heterocycles. The first kappa shape index (κ1) is 16.4. The number of thiazole rings is 1. The number of hydrogen-bond donors (Lipinski definition) is 1. The summed E-state index contributed by atoms with van der Waals surface area (Å²) >= 11 is 1.60. The first-order valence-corrected chi connectivity index (χ1v) is 9.18. The van der Waals surface area contributed by atoms with E-state index in [2.05, 4.69) is 15.3 Å². The Labute approximate surface area is 155 Å². The number of nitrogens with one attached hydrogen (secondary N) is 1. The van der Waals surface area contributed by atoms with E-state index < -0.39 is 0 Å². The summed E-state index contributed by atoms with van der Waals surface area (Å²) in [7, 11) is 0. The van der Waals surface area contributed by atoms with Crippen molar-refractivity contribution in [1.29, 1.82) is 0 Å². The molecule has 0 radical (unpaired) electrons. The van der Waals surface area contributed by atoms with E-state index in [0.717, 1.165) is 26.5 Å². The molecule has 4 aromatic rings. The maximum Gasteiger partial charge on any atom is 0.253 e. The Morgan fingerprint density at radius 2 is 1.73 bits per heavy atom. The minimum Gasteiger partial charge on any atom is -0.345 e. The van der Waals surface area contributed by atoms with Gasteiger partial charge in [-0.1, -0.05) is 42.5 Å². The maximum atomic E-state index is 12.5. The summed E-state index contributed by atoms with van der Waals surface area (Å²) in [6.07, 6.45) is 0. The van der Waals surface area contributed by atoms with E-state index in [-0.39, 0.29) is 5.91 Å². The monoisotopic (exact) mass is 359 g/mol. The van der Waals surface area contributed by atoms with Crippen molar-refractivity contribution in [3.63, 3.8) is 0 Å². The SMILES string of the molecule is Cc1nc(-c2ccccc2)ccc1C(=O)NCc1nc2ccccc2s1. The Balaban J connectivity index is 1.49. The Hall–Kier alpha value is -3.05. The Morgan fingerprint density at radius 3 is 2.50 bits per heavy atom. The number of aryl methyl sites for hydroxylation is 1. The predicted molar refractivity (Wildman–Crippen MR) is 105 cm³/mol. The van der Waals surface area contributed by atoms with E-state index >= 15 is 0 Å². The number of benzene rings is 2. The fraction of sp³-hybridized carbons (Fsp3) is 0.0952. The zero-order valence-corrected chi connectivity index (χ0v) is 15.1. The number of aromatic nitrogens is 2. The molecule has 0 aliphatic rings. The van der Waals surface area contributed by atoms with E-state index in [9.17, 15) is 4.79 Å². The normalized spacial score (nSPS) is 10.8. The zero-order chi connectivity index (χ0) is 17.9. The lowest BCUT2D eigenvalue weighted by atomic mass is 10.1. The van der Waals surface area contributed by atoms with Crippen LogP contribution in [0.1, 0.15) is 21.1 Å². The minimum absolute atomic E-state index is 0.131. The lowest BCUT2D eigenvalue weighted by Crippen LogP contribution is -2.23. The highest BCUT2D eigenvalue weighted by Crippen LogP contribution is 2.22. The van der Waals surface area contributed by atoms with Crippen molar-refractivity contribution in [3.05, 3.63) is 83.0 Å². The molecular formula is C21H17N3OS. The highest BCUT2D eigenvalue weighted by Gasteiger charge is 2.12. The number of carbonyl (C=O) groups is 1. The van der Waals surface area contributed by atoms with Gasteiger partial charge in [-0.15, -0.1) is 11.3 Å². The van der Waals surface area contributed by atoms with Gasteiger partial charge in [0.1, 0.15) is 5.01 Å². The van der Waals surface area contributed by atoms with Crippen LogP contribution >= 0.6 is 11.3 Å². The average molecular weight is 359 g/mol. The first-order chi connectivity index (χ1) is 12.7. The topological polar surface area (TPSA) is 54.9 Å². The number of nitrogens with zero attached hydrogens (tertiary/aromatic N) is 2. The first-order valence-electron chi connectivity index (χ1n) is 8.36. The van der Waals surface area contributed by atoms with Crippen LogP contribution in [0.2, 0.25) is 0 Å². The molecule has 1 N–H and O–H groups in total. The number of amides is 1. The average Bonchev–Trinajstić information content (AvgIpc) is 3.10. The summed E-state index contributed by atoms with van der Waals surface area (Å²) in [5.74, 6) is -0.131. The molecule has 26 heavy (non-hydrogen) atoms. The number of hydrogen-bond acceptors (Lipinski definition) is 4. The second-order valence-electron chi connectivity index (χ2n) is 5.95. The quantitative estimate of drug-likeness (QED) is 0.579. The Bertz CT molecular complexity index is 1040. The molecular weight excluding hydrogens is 342 g/mol. The fourth-order valence-electron chi connectivity index (χ4n) is 2.82. The summed E-state index contributed by atoms with van der Waals surface area (Å²) in [5, 5.41) is 3.84. The molecule has 0 saturated carbocycles. The van der Waals surface area contributed by atoms with Crippen molar-refractivity contribution < 1.29 is 4.79 Å². The van der Waals surface area contributed by atoms with E-state index in [4.69, 9.17) is 0 Å². The molecule has 0 bridgehead atoms. The standard InChI is InChI=1S/C21H17N3OS/c1-14-16(11-12-17(23-14)15-7-3-2-4-8-15)21(25)22-13-20-24-18-9-5-6-10-19(18)26-20/h2-12H,13H2,1H3,(H,22,25). The molecule has 1 amide bonds. The Kier molecular flexibility index (Phi) is 4.46. The largest absolute Gasteiger partial charge is 0.345 e. The van der Waals surface area contributed by atoms with Crippen molar-refractivity contribution in [2.45, 2.75) is 13.5 Å². The molecule has 2 aromatic heterocycles. The summed E-state index contributed by atoms with van der Waals surface area (Å²) < 4.78 is 1.13. The van der Waals surface area contributed by atoms with Crippen molar-refractivity contribution in [1.82, 2.24) is 15.3 Å². The maximum absolute atomic E-state index is 12.5. The van der Waals surface area contributed by atoms with Crippen LogP contribution in [-0.4, -0.2) is 15.9 Å². The van der Waals surface area contributed by atoms with Crippen molar-refractivity contribution >= 4 is 27.5 Å². The number of para-hydroxylation sites is 1. The van der Waals surface area contributed by atoms with Crippen molar-refractivity contribution in [3.8, 4) is 11.3 Å². The van der Waals surface area contributed by atoms with Crippen LogP contribution < -0.4 is 5.32 Å². The molecule has 4 nitrogen and oxygen atoms in total. The molecule has 4 rings (SSSR count). The van der Waals surface area contributed by atoms with E-state index in [0.29, 0.717) is 17.8 Å². The van der Waals surface area contributed by atoms with Crippen LogP contribution in [0.25, 0.3) is 21.5 Å². The summed E-state index contributed by atoms with van der Waals surface area (Å²) in [6.45, 7) is 2.27. The highest BCUT2D eigenvalue weighted by atomic mass is 32.1. The highest BCUT2D eigenvalue weighted by molar-refractivity contribution is 7.18. The van der Waals surface area contributed by atoms with Gasteiger partial charge in [0.25, 0.3) is 5.91 Å². The van der Waals surface area contributed by atoms with Gasteiger partial charge in [-0.25, -0.2) is 4.98 Å². The molecule has 0 aliphatic heterocycles. The van der Waals surface area contributed by atoms with Crippen LogP contribution in [0.4, 0.5) is 0 Å². The third-order valence-corrected chi connectivity index (χ3v) is 5.17. The van der Waals surface area contributed by atoms with E-state index in [1.54, 1.807) is 11.3 Å². The van der Waals surface area contributed by atoms with Crippen LogP contribution in [-0.2, 0) is 6.54 Å². The van der Waals surface area contributed by atoms with Crippen molar-refractivity contribution in [2.75, 3.05) is 0 Å². The molecule has 128 valence electrons. The number of rotatable bonds is 4. The lowest BCUT2D eigenvalue weighted by Gasteiger charge is -2.08. The molecule has 0 unspecified atom stereocenters. The molecule has 0 atom stereocenters. The number of fused-ring (bicyclic) bond motifs is 1. The van der Waals surface area contributed by atoms with Crippen LogP contribution in [0.15, 0.2) is 66.7 Å². The predicted octanol–water partition coefficient (Wildman–Crippen LogP) is 4.60. The van der Waals surface area contributed by atoms with Gasteiger partial charge in [0.05, 0.1) is 33.7 Å². The van der Waals surface area contributed by atoms with Gasteiger partial charge in [0.15, 0.2) is 0 Å². The van der Waals surface area contributed by atoms with Crippen LogP contribution in [0.5, 0.6) is 0 Å². The van der Waals surface area contributed by atoms with Gasteiger partial charge in [0, 0.05) is 5.56 Å². The molecule has 2 aromatic carbocycles. The third kappa shape index (κ3) is 3.34. The van der Waals surface area contributed by atoms with Crippen LogP contribution in [0.3, 0.4) is 0 Å². The molecule has 0 spiro atoms. The smallest absolute Gasteiger partial charge is 0.253 e. The van der Waals surface area contributed by atoms with Crippen molar-refractivity contribution in [2.24, 2.45) is 0 Å². The summed E-state index contributed by atoms with van der Waals surface area (Å²) in [5.41, 5.74) is 4.17. The molecule has 0 fully saturated rings. The van der Waals surface area contributed by atoms with Gasteiger partial charge in [-0.2, -0.15) is 0 Å². The lowest BCUT2D eigenvalue weighted by molar-refractivity contribution is 0.0950. The van der Waals surface area contributed by atoms with E-state index in [1.807, 2.05) is 73.7 Å². The summed E-state index contributed by atoms with van der Waals surface area (Å²) in [6, 6.07) is 21.6. The van der Waals surface area contributed by atoms with Crippen LogP contribution in [0, 0.1) is 6.92 Å². The van der Waals surface area contributed by atoms with Gasteiger partial charge in [-0.05, 0) is 31.2 Å². The third-order valence-electron chi connectivity index (χ3n) is 4.14. The minimum atomic E-state index is -0.131. The van der Waals surface area contributed by atoms with Gasteiger partial charge >= 0.3 is 0 Å². The molecule has 5 heteroatoms. The number of carbonyl (C=O) groups excluding carboxylic acids is 1. The zero-order valence-electron chi connectivity index (χ0n) is 14.3. The summed E-state index contributed by atoms with van der Waals surface area (Å²) in [4.78, 5) is 21.7. The second-order valence-corrected chi connectivity index (χ2v) is 7.07. The van der Waals surface area contributed by atoms with E-state index in [1.165, 1.54) is 0 Å². The molecule has 0 saturated heterocycles. The fourth-order valence-corrected chi connectivity index (χ4v) is 3.72.